The summed E-state index contributed by atoms with van der Waals surface area (Å²) in [6.45, 7) is 4.47. The highest BCUT2D eigenvalue weighted by atomic mass is 16.5. The summed E-state index contributed by atoms with van der Waals surface area (Å²) in [4.78, 5) is 24.4. The van der Waals surface area contributed by atoms with Crippen molar-refractivity contribution in [3.8, 4) is 5.75 Å². The van der Waals surface area contributed by atoms with Crippen molar-refractivity contribution in [3.63, 3.8) is 0 Å². The number of hydrogen-bond donors (Lipinski definition) is 2. The number of nitrogens with one attached hydrogen (secondary N) is 2. The Hall–Kier alpha value is -3.02. The molecule has 6 nitrogen and oxygen atoms in total. The molecule has 0 fully saturated rings. The molecule has 0 saturated heterocycles. The summed E-state index contributed by atoms with van der Waals surface area (Å²) in [5, 5.41) is 2.89. The molecule has 1 aromatic heterocycles. The maximum absolute atomic E-state index is 12.4. The third-order valence-corrected chi connectivity index (χ3v) is 5.12. The van der Waals surface area contributed by atoms with Crippen molar-refractivity contribution in [2.24, 2.45) is 0 Å². The molecule has 1 aliphatic rings. The Balaban J connectivity index is 1.42. The second-order valence-electron chi connectivity index (χ2n) is 7.41. The minimum atomic E-state index is -0.200. The van der Waals surface area contributed by atoms with Gasteiger partial charge in [-0.3, -0.25) is 19.7 Å². The van der Waals surface area contributed by atoms with E-state index in [1.165, 1.54) is 18.4 Å². The quantitative estimate of drug-likeness (QED) is 0.667. The fraction of sp³-hybridized carbons (Fsp3) is 0.391. The van der Waals surface area contributed by atoms with E-state index in [1.807, 2.05) is 26.0 Å². The third-order valence-electron chi connectivity index (χ3n) is 5.12. The maximum Gasteiger partial charge on any atom is 0.270 e. The molecule has 2 amide bonds. The lowest BCUT2D eigenvalue weighted by Gasteiger charge is -2.13. The average Bonchev–Trinajstić information content (AvgIpc) is 3.05. The van der Waals surface area contributed by atoms with Crippen LogP contribution in [0.1, 0.15) is 53.8 Å². The Morgan fingerprint density at radius 1 is 1.03 bits per heavy atom. The summed E-state index contributed by atoms with van der Waals surface area (Å²) in [7, 11) is 0. The molecule has 3 rings (SSSR count). The molecule has 29 heavy (non-hydrogen) atoms. The van der Waals surface area contributed by atoms with E-state index < -0.39 is 0 Å². The number of aryl methyl sites for hydroxylation is 2. The molecule has 6 heteroatoms. The van der Waals surface area contributed by atoms with Crippen LogP contribution in [0, 0.1) is 13.8 Å². The largest absolute Gasteiger partial charge is 0.484 e. The van der Waals surface area contributed by atoms with Crippen molar-refractivity contribution in [3.05, 3.63) is 65.0 Å². The van der Waals surface area contributed by atoms with Gasteiger partial charge < -0.3 is 10.1 Å². The Labute approximate surface area is 171 Å². The second kappa shape index (κ2) is 9.96. The first-order valence-corrected chi connectivity index (χ1v) is 10.2. The molecule has 2 aromatic rings. The fourth-order valence-electron chi connectivity index (χ4n) is 3.41. The first kappa shape index (κ1) is 20.7. The van der Waals surface area contributed by atoms with Gasteiger partial charge in [0.1, 0.15) is 5.75 Å². The van der Waals surface area contributed by atoms with E-state index in [-0.39, 0.29) is 18.4 Å². The van der Waals surface area contributed by atoms with Crippen molar-refractivity contribution in [2.45, 2.75) is 46.0 Å². The average molecular weight is 396 g/mol. The minimum Gasteiger partial charge on any atom is -0.484 e. The van der Waals surface area contributed by atoms with Crippen molar-refractivity contribution in [1.82, 2.24) is 9.99 Å². The number of rotatable bonds is 8. The summed E-state index contributed by atoms with van der Waals surface area (Å²) in [6, 6.07) is 10.7. The molecule has 0 atom stereocenters. The van der Waals surface area contributed by atoms with Crippen LogP contribution in [-0.4, -0.2) is 29.6 Å². The maximum atomic E-state index is 12.4. The molecular formula is C23H29N3O3. The summed E-state index contributed by atoms with van der Waals surface area (Å²) in [5.74, 6) is 0.218. The van der Waals surface area contributed by atoms with Crippen LogP contribution < -0.4 is 15.5 Å². The SMILES string of the molecule is Cc1ccc(C)n1NC(=O)c1ccc(OCC(=O)NCCC2=CCCCC2)cc1. The highest BCUT2D eigenvalue weighted by Crippen LogP contribution is 2.19. The monoisotopic (exact) mass is 395 g/mol. The van der Waals surface area contributed by atoms with E-state index in [1.54, 1.807) is 28.9 Å². The highest BCUT2D eigenvalue weighted by molar-refractivity contribution is 6.00. The van der Waals surface area contributed by atoms with E-state index in [0.717, 1.165) is 30.7 Å². The lowest BCUT2D eigenvalue weighted by molar-refractivity contribution is -0.123. The van der Waals surface area contributed by atoms with Crippen LogP contribution in [0.4, 0.5) is 0 Å². The predicted molar refractivity (Wildman–Crippen MR) is 114 cm³/mol. The van der Waals surface area contributed by atoms with Gasteiger partial charge >= 0.3 is 0 Å². The first-order chi connectivity index (χ1) is 14.0. The predicted octanol–water partition coefficient (Wildman–Crippen LogP) is 3.87. The highest BCUT2D eigenvalue weighted by Gasteiger charge is 2.10. The van der Waals surface area contributed by atoms with Crippen LogP contribution in [-0.2, 0) is 4.79 Å². The minimum absolute atomic E-state index is 0.0354. The van der Waals surface area contributed by atoms with Gasteiger partial charge in [0.2, 0.25) is 0 Å². The Morgan fingerprint density at radius 2 is 1.76 bits per heavy atom. The lowest BCUT2D eigenvalue weighted by atomic mass is 9.97. The molecule has 1 aromatic carbocycles. The van der Waals surface area contributed by atoms with E-state index in [9.17, 15) is 9.59 Å². The van der Waals surface area contributed by atoms with Gasteiger partial charge in [0.25, 0.3) is 11.8 Å². The van der Waals surface area contributed by atoms with Gasteiger partial charge in [-0.15, -0.1) is 0 Å². The van der Waals surface area contributed by atoms with Crippen molar-refractivity contribution >= 4 is 11.8 Å². The molecule has 0 aliphatic heterocycles. The lowest BCUT2D eigenvalue weighted by Crippen LogP contribution is -2.30. The zero-order valence-electron chi connectivity index (χ0n) is 17.2. The standard InChI is InChI=1S/C23H29N3O3/c1-17-8-9-18(2)26(17)25-23(28)20-10-12-21(13-11-20)29-16-22(27)24-15-14-19-6-4-3-5-7-19/h6,8-13H,3-5,7,14-16H2,1-2H3,(H,24,27)(H,25,28). The van der Waals surface area contributed by atoms with Crippen molar-refractivity contribution in [1.29, 1.82) is 0 Å². The van der Waals surface area contributed by atoms with Crippen LogP contribution in [0.3, 0.4) is 0 Å². The van der Waals surface area contributed by atoms with Gasteiger partial charge in [0.15, 0.2) is 6.61 Å². The number of ether oxygens (including phenoxy) is 1. The van der Waals surface area contributed by atoms with Gasteiger partial charge in [-0.2, -0.15) is 0 Å². The molecule has 154 valence electrons. The van der Waals surface area contributed by atoms with Crippen LogP contribution in [0.15, 0.2) is 48.0 Å². The zero-order chi connectivity index (χ0) is 20.6. The van der Waals surface area contributed by atoms with Gasteiger partial charge in [0.05, 0.1) is 0 Å². The number of aromatic nitrogens is 1. The van der Waals surface area contributed by atoms with Gasteiger partial charge in [0, 0.05) is 23.5 Å². The van der Waals surface area contributed by atoms with Gasteiger partial charge in [-0.1, -0.05) is 11.6 Å². The number of amides is 2. The molecule has 0 bridgehead atoms. The van der Waals surface area contributed by atoms with Crippen LogP contribution in [0.2, 0.25) is 0 Å². The Kier molecular flexibility index (Phi) is 7.11. The smallest absolute Gasteiger partial charge is 0.270 e. The third kappa shape index (κ3) is 5.98. The topological polar surface area (TPSA) is 72.4 Å². The summed E-state index contributed by atoms with van der Waals surface area (Å²) in [5.41, 5.74) is 6.75. The molecule has 0 saturated carbocycles. The Bertz CT molecular complexity index is 862. The van der Waals surface area contributed by atoms with E-state index >= 15 is 0 Å². The molecule has 0 spiro atoms. The van der Waals surface area contributed by atoms with E-state index in [2.05, 4.69) is 16.8 Å². The van der Waals surface area contributed by atoms with Crippen molar-refractivity contribution < 1.29 is 14.3 Å². The second-order valence-corrected chi connectivity index (χ2v) is 7.41. The number of hydrogen-bond acceptors (Lipinski definition) is 3. The summed E-state index contributed by atoms with van der Waals surface area (Å²) < 4.78 is 7.28. The van der Waals surface area contributed by atoms with Gasteiger partial charge in [-0.05, 0) is 82.3 Å². The van der Waals surface area contributed by atoms with Crippen molar-refractivity contribution in [2.75, 3.05) is 18.6 Å². The van der Waals surface area contributed by atoms with Crippen LogP contribution in [0.25, 0.3) is 0 Å². The van der Waals surface area contributed by atoms with Gasteiger partial charge in [-0.25, -0.2) is 0 Å². The Morgan fingerprint density at radius 3 is 2.41 bits per heavy atom. The fourth-order valence-corrected chi connectivity index (χ4v) is 3.41. The molecule has 1 aliphatic carbocycles. The molecule has 0 unspecified atom stereocenters. The summed E-state index contributed by atoms with van der Waals surface area (Å²) >= 11 is 0. The van der Waals surface area contributed by atoms with Crippen LogP contribution >= 0.6 is 0 Å². The number of carbonyl (C=O) groups is 2. The molecule has 1 heterocycles. The molecule has 0 radical (unpaired) electrons. The zero-order valence-corrected chi connectivity index (χ0v) is 17.2. The van der Waals surface area contributed by atoms with E-state index in [4.69, 9.17) is 4.74 Å². The van der Waals surface area contributed by atoms with E-state index in [0.29, 0.717) is 17.9 Å². The molecule has 2 N–H and O–H groups in total. The summed E-state index contributed by atoms with van der Waals surface area (Å²) in [6.07, 6.45) is 8.04. The normalized spacial score (nSPS) is 13.5. The van der Waals surface area contributed by atoms with Crippen LogP contribution in [0.5, 0.6) is 5.75 Å². The number of nitrogens with zero attached hydrogens (tertiary/aromatic N) is 1. The number of allylic oxidation sites excluding steroid dienone is 1. The molecular weight excluding hydrogens is 366 g/mol. The number of benzene rings is 1. The number of carbonyl (C=O) groups excluding carboxylic acids is 2. The first-order valence-electron chi connectivity index (χ1n) is 10.2.